The number of carbonyl (C=O) groups is 1. The molecule has 158 valence electrons. The first kappa shape index (κ1) is 20.5. The molecular weight excluding hydrogens is 412 g/mol. The zero-order chi connectivity index (χ0) is 20.6. The summed E-state index contributed by atoms with van der Waals surface area (Å²) in [4.78, 5) is 19.2. The second-order valence-corrected chi connectivity index (χ2v) is 11.1. The number of carbonyl (C=O) groups excluding carboxylic acids is 1. The molecule has 3 fully saturated rings. The number of sulfone groups is 1. The number of nitrogens with zero attached hydrogens (tertiary/aromatic N) is 2. The lowest BCUT2D eigenvalue weighted by atomic mass is 9.89. The molecule has 29 heavy (non-hydrogen) atoms. The number of ether oxygens (including phenoxy) is 2. The third-order valence-electron chi connectivity index (χ3n) is 5.87. The van der Waals surface area contributed by atoms with Gasteiger partial charge in [-0.05, 0) is 25.0 Å². The largest absolute Gasteiger partial charge is 0.497 e. The molecular formula is C20H26N2O5S2. The number of methoxy groups -OCH3 is 2. The van der Waals surface area contributed by atoms with Crippen molar-refractivity contribution in [1.82, 2.24) is 0 Å². The summed E-state index contributed by atoms with van der Waals surface area (Å²) >= 11 is 1.40. The van der Waals surface area contributed by atoms with E-state index in [2.05, 4.69) is 4.99 Å². The van der Waals surface area contributed by atoms with Gasteiger partial charge in [-0.2, -0.15) is 4.99 Å². The van der Waals surface area contributed by atoms with Crippen LogP contribution in [-0.2, 0) is 14.6 Å². The molecule has 0 N–H and O–H groups in total. The summed E-state index contributed by atoms with van der Waals surface area (Å²) in [5, 5.41) is 0.443. The second kappa shape index (κ2) is 8.18. The zero-order valence-electron chi connectivity index (χ0n) is 16.7. The molecule has 1 amide bonds. The first-order chi connectivity index (χ1) is 13.9. The van der Waals surface area contributed by atoms with Crippen LogP contribution in [0.5, 0.6) is 11.5 Å². The predicted molar refractivity (Wildman–Crippen MR) is 115 cm³/mol. The Morgan fingerprint density at radius 1 is 1.14 bits per heavy atom. The highest BCUT2D eigenvalue weighted by molar-refractivity contribution is 8.16. The number of fused-ring (bicyclic) bond motifs is 1. The predicted octanol–water partition coefficient (Wildman–Crippen LogP) is 2.89. The molecule has 1 aliphatic carbocycles. The van der Waals surface area contributed by atoms with Gasteiger partial charge in [0.2, 0.25) is 0 Å². The fraction of sp³-hybridized carbons (Fsp3) is 0.600. The van der Waals surface area contributed by atoms with Gasteiger partial charge < -0.3 is 14.4 Å². The van der Waals surface area contributed by atoms with Crippen LogP contribution in [0.3, 0.4) is 0 Å². The normalized spacial score (nSPS) is 27.8. The fourth-order valence-corrected chi connectivity index (χ4v) is 8.28. The summed E-state index contributed by atoms with van der Waals surface area (Å²) in [7, 11) is 0.0235. The number of amides is 1. The van der Waals surface area contributed by atoms with E-state index in [1.807, 2.05) is 11.0 Å². The van der Waals surface area contributed by atoms with Gasteiger partial charge in [0.25, 0.3) is 5.91 Å². The summed E-state index contributed by atoms with van der Waals surface area (Å²) in [5.74, 6) is 1.25. The van der Waals surface area contributed by atoms with Crippen molar-refractivity contribution in [3.8, 4) is 11.5 Å². The lowest BCUT2D eigenvalue weighted by molar-refractivity contribution is -0.122. The van der Waals surface area contributed by atoms with Gasteiger partial charge in [0.1, 0.15) is 11.5 Å². The van der Waals surface area contributed by atoms with E-state index in [-0.39, 0.29) is 34.6 Å². The summed E-state index contributed by atoms with van der Waals surface area (Å²) in [5.41, 5.74) is 0.709. The van der Waals surface area contributed by atoms with Gasteiger partial charge in [-0.1, -0.05) is 31.0 Å². The Hall–Kier alpha value is -1.74. The van der Waals surface area contributed by atoms with Gasteiger partial charge in [-0.15, -0.1) is 0 Å². The minimum atomic E-state index is -3.12. The minimum absolute atomic E-state index is 0.0272. The number of thioether (sulfide) groups is 1. The van der Waals surface area contributed by atoms with Gasteiger partial charge in [0.15, 0.2) is 15.0 Å². The third-order valence-corrected chi connectivity index (χ3v) is 9.08. The van der Waals surface area contributed by atoms with Crippen LogP contribution in [0.2, 0.25) is 0 Å². The molecule has 0 radical (unpaired) electrons. The molecule has 7 nitrogen and oxygen atoms in total. The molecule has 2 atom stereocenters. The lowest BCUT2D eigenvalue weighted by Gasteiger charge is -2.27. The molecule has 3 aliphatic rings. The van der Waals surface area contributed by atoms with E-state index in [1.165, 1.54) is 18.2 Å². The Labute approximate surface area is 175 Å². The van der Waals surface area contributed by atoms with Crippen LogP contribution >= 0.6 is 11.8 Å². The van der Waals surface area contributed by atoms with E-state index in [9.17, 15) is 13.2 Å². The maximum atomic E-state index is 12.8. The standard InChI is InChI=1S/C20H26N2O5S2/c1-26-14-8-9-15(17(10-14)27-2)22-16-11-29(24,25)12-18(16)28-20(22)21-19(23)13-6-4-3-5-7-13/h8-10,13,16,18H,3-7,11-12H2,1-2H3/t16-,18-/m0/s1. The summed E-state index contributed by atoms with van der Waals surface area (Å²) in [6, 6.07) is 5.15. The van der Waals surface area contributed by atoms with E-state index >= 15 is 0 Å². The number of amidine groups is 1. The first-order valence-corrected chi connectivity index (χ1v) is 12.6. The molecule has 1 aromatic rings. The van der Waals surface area contributed by atoms with Crippen LogP contribution in [0.25, 0.3) is 0 Å². The van der Waals surface area contributed by atoms with E-state index in [0.717, 1.165) is 25.7 Å². The van der Waals surface area contributed by atoms with Crippen LogP contribution < -0.4 is 14.4 Å². The topological polar surface area (TPSA) is 85.3 Å². The number of anilines is 1. The molecule has 2 heterocycles. The van der Waals surface area contributed by atoms with E-state index in [1.54, 1.807) is 26.4 Å². The molecule has 1 saturated carbocycles. The average molecular weight is 439 g/mol. The smallest absolute Gasteiger partial charge is 0.251 e. The van der Waals surface area contributed by atoms with Crippen LogP contribution in [0.4, 0.5) is 5.69 Å². The monoisotopic (exact) mass is 438 g/mol. The Morgan fingerprint density at radius 2 is 1.90 bits per heavy atom. The quantitative estimate of drug-likeness (QED) is 0.714. The SMILES string of the molecule is COc1ccc(N2C(=NC(=O)C3CCCCC3)S[C@H]3CS(=O)(=O)C[C@@H]32)c(OC)c1. The van der Waals surface area contributed by atoms with Crippen molar-refractivity contribution in [2.75, 3.05) is 30.6 Å². The van der Waals surface area contributed by atoms with Crippen molar-refractivity contribution in [3.63, 3.8) is 0 Å². The van der Waals surface area contributed by atoms with Gasteiger partial charge in [0.05, 0.1) is 37.5 Å². The van der Waals surface area contributed by atoms with Gasteiger partial charge in [-0.3, -0.25) is 4.79 Å². The molecule has 1 aromatic carbocycles. The molecule has 2 aliphatic heterocycles. The molecule has 0 bridgehead atoms. The van der Waals surface area contributed by atoms with Crippen molar-refractivity contribution in [2.24, 2.45) is 10.9 Å². The van der Waals surface area contributed by atoms with Gasteiger partial charge in [0, 0.05) is 17.2 Å². The molecule has 0 aromatic heterocycles. The van der Waals surface area contributed by atoms with Crippen molar-refractivity contribution in [3.05, 3.63) is 18.2 Å². The van der Waals surface area contributed by atoms with E-state index in [4.69, 9.17) is 9.47 Å². The number of aliphatic imine (C=N–C) groups is 1. The van der Waals surface area contributed by atoms with Crippen LogP contribution in [0.15, 0.2) is 23.2 Å². The zero-order valence-corrected chi connectivity index (χ0v) is 18.3. The van der Waals surface area contributed by atoms with Crippen molar-refractivity contribution in [1.29, 1.82) is 0 Å². The maximum absolute atomic E-state index is 12.8. The molecule has 9 heteroatoms. The summed E-state index contributed by atoms with van der Waals surface area (Å²) in [6.07, 6.45) is 5.06. The van der Waals surface area contributed by atoms with Gasteiger partial charge in [-0.25, -0.2) is 8.42 Å². The highest BCUT2D eigenvalue weighted by Crippen LogP contribution is 2.45. The average Bonchev–Trinajstić information content (AvgIpc) is 3.18. The lowest BCUT2D eigenvalue weighted by Crippen LogP contribution is -2.38. The fourth-order valence-electron chi connectivity index (χ4n) is 4.37. The Morgan fingerprint density at radius 3 is 2.59 bits per heavy atom. The van der Waals surface area contributed by atoms with Crippen molar-refractivity contribution >= 4 is 38.4 Å². The van der Waals surface area contributed by atoms with Gasteiger partial charge >= 0.3 is 0 Å². The van der Waals surface area contributed by atoms with E-state index in [0.29, 0.717) is 22.4 Å². The summed E-state index contributed by atoms with van der Waals surface area (Å²) < 4.78 is 35.3. The maximum Gasteiger partial charge on any atom is 0.251 e. The van der Waals surface area contributed by atoms with Crippen LogP contribution in [0.1, 0.15) is 32.1 Å². The molecule has 0 spiro atoms. The van der Waals surface area contributed by atoms with Crippen molar-refractivity contribution in [2.45, 2.75) is 43.4 Å². The third kappa shape index (κ3) is 4.12. The Kier molecular flexibility index (Phi) is 5.79. The van der Waals surface area contributed by atoms with Crippen LogP contribution in [-0.4, -0.2) is 56.5 Å². The number of benzene rings is 1. The number of rotatable bonds is 4. The first-order valence-electron chi connectivity index (χ1n) is 9.93. The van der Waals surface area contributed by atoms with Crippen LogP contribution in [0, 0.1) is 5.92 Å². The highest BCUT2D eigenvalue weighted by Gasteiger charge is 2.50. The Balaban J connectivity index is 1.71. The molecule has 4 rings (SSSR count). The Bertz CT molecular complexity index is 925. The highest BCUT2D eigenvalue weighted by atomic mass is 32.2. The molecule has 2 saturated heterocycles. The number of hydrogen-bond acceptors (Lipinski definition) is 6. The summed E-state index contributed by atoms with van der Waals surface area (Å²) in [6.45, 7) is 0. The number of hydrogen-bond donors (Lipinski definition) is 0. The van der Waals surface area contributed by atoms with E-state index < -0.39 is 9.84 Å². The minimum Gasteiger partial charge on any atom is -0.497 e. The second-order valence-electron chi connectivity index (χ2n) is 7.78. The molecule has 0 unspecified atom stereocenters. The van der Waals surface area contributed by atoms with Crippen molar-refractivity contribution < 1.29 is 22.7 Å².